The predicted molar refractivity (Wildman–Crippen MR) is 64.9 cm³/mol. The zero-order valence-electron chi connectivity index (χ0n) is 10.1. The standard InChI is InChI=1S/C13H15NO3/c1-14(2)9-8-12(15)10-6-4-5-7-11(10)13(16)17-3/h4-9H,1-3H3/b9-8+. The van der Waals surface area contributed by atoms with E-state index in [1.54, 1.807) is 35.4 Å². The van der Waals surface area contributed by atoms with Crippen molar-refractivity contribution in [3.8, 4) is 0 Å². The maximum atomic E-state index is 11.9. The van der Waals surface area contributed by atoms with Gasteiger partial charge in [0.05, 0.1) is 12.7 Å². The molecule has 0 spiro atoms. The van der Waals surface area contributed by atoms with Crippen molar-refractivity contribution in [3.63, 3.8) is 0 Å². The first-order chi connectivity index (χ1) is 8.06. The Bertz CT molecular complexity index is 450. The van der Waals surface area contributed by atoms with Crippen LogP contribution >= 0.6 is 0 Å². The molecule has 0 radical (unpaired) electrons. The topological polar surface area (TPSA) is 46.6 Å². The molecule has 4 nitrogen and oxygen atoms in total. The molecule has 0 aromatic heterocycles. The van der Waals surface area contributed by atoms with Crippen molar-refractivity contribution < 1.29 is 14.3 Å². The molecule has 0 amide bonds. The number of hydrogen-bond donors (Lipinski definition) is 0. The van der Waals surface area contributed by atoms with E-state index in [0.717, 1.165) is 0 Å². The second kappa shape index (κ2) is 5.84. The number of benzene rings is 1. The first kappa shape index (κ1) is 13.0. The highest BCUT2D eigenvalue weighted by Crippen LogP contribution is 2.11. The number of ketones is 1. The predicted octanol–water partition coefficient (Wildman–Crippen LogP) is 1.73. The molecule has 17 heavy (non-hydrogen) atoms. The number of nitrogens with zero attached hydrogens (tertiary/aromatic N) is 1. The van der Waals surface area contributed by atoms with Gasteiger partial charge < -0.3 is 9.64 Å². The quantitative estimate of drug-likeness (QED) is 0.451. The average Bonchev–Trinajstić information content (AvgIpc) is 2.34. The zero-order valence-corrected chi connectivity index (χ0v) is 10.1. The summed E-state index contributed by atoms with van der Waals surface area (Å²) in [5, 5.41) is 0. The van der Waals surface area contributed by atoms with Crippen LogP contribution in [0.4, 0.5) is 0 Å². The lowest BCUT2D eigenvalue weighted by atomic mass is 10.0. The molecule has 0 unspecified atom stereocenters. The Hall–Kier alpha value is -2.10. The minimum absolute atomic E-state index is 0.222. The number of carbonyl (C=O) groups excluding carboxylic acids is 2. The van der Waals surface area contributed by atoms with Crippen LogP contribution in [0.1, 0.15) is 20.7 Å². The Morgan fingerprint density at radius 3 is 2.29 bits per heavy atom. The molecule has 0 N–H and O–H groups in total. The molecule has 0 saturated heterocycles. The number of carbonyl (C=O) groups is 2. The van der Waals surface area contributed by atoms with Gasteiger partial charge >= 0.3 is 5.97 Å². The minimum atomic E-state index is -0.507. The zero-order chi connectivity index (χ0) is 12.8. The molecule has 1 aromatic rings. The van der Waals surface area contributed by atoms with E-state index >= 15 is 0 Å². The molecule has 1 aromatic carbocycles. The molecule has 0 heterocycles. The van der Waals surface area contributed by atoms with Crippen LogP contribution in [-0.2, 0) is 4.74 Å². The van der Waals surface area contributed by atoms with Crippen molar-refractivity contribution >= 4 is 11.8 Å². The highest BCUT2D eigenvalue weighted by molar-refractivity contribution is 6.11. The van der Waals surface area contributed by atoms with Gasteiger partial charge in [0.25, 0.3) is 0 Å². The Morgan fingerprint density at radius 2 is 1.76 bits per heavy atom. The largest absolute Gasteiger partial charge is 0.465 e. The maximum Gasteiger partial charge on any atom is 0.338 e. The summed E-state index contributed by atoms with van der Waals surface area (Å²) in [5.74, 6) is -0.730. The highest BCUT2D eigenvalue weighted by Gasteiger charge is 2.14. The number of rotatable bonds is 4. The molecule has 0 fully saturated rings. The van der Waals surface area contributed by atoms with Crippen LogP contribution in [0, 0.1) is 0 Å². The second-order valence-electron chi connectivity index (χ2n) is 3.68. The van der Waals surface area contributed by atoms with Gasteiger partial charge in [-0.3, -0.25) is 4.79 Å². The van der Waals surface area contributed by atoms with Crippen molar-refractivity contribution in [2.75, 3.05) is 21.2 Å². The summed E-state index contributed by atoms with van der Waals surface area (Å²) in [5.41, 5.74) is 0.626. The summed E-state index contributed by atoms with van der Waals surface area (Å²) >= 11 is 0. The minimum Gasteiger partial charge on any atom is -0.465 e. The fraction of sp³-hybridized carbons (Fsp3) is 0.231. The van der Waals surface area contributed by atoms with Gasteiger partial charge in [-0.15, -0.1) is 0 Å². The number of ether oxygens (including phenoxy) is 1. The SMILES string of the molecule is COC(=O)c1ccccc1C(=O)/C=C/N(C)C. The lowest BCUT2D eigenvalue weighted by molar-refractivity contribution is 0.0597. The molecule has 4 heteroatoms. The number of allylic oxidation sites excluding steroid dienone is 1. The maximum absolute atomic E-state index is 11.9. The molecular formula is C13H15NO3. The Morgan fingerprint density at radius 1 is 1.18 bits per heavy atom. The molecule has 0 aliphatic heterocycles. The highest BCUT2D eigenvalue weighted by atomic mass is 16.5. The van der Waals surface area contributed by atoms with Crippen LogP contribution in [0.2, 0.25) is 0 Å². The van der Waals surface area contributed by atoms with Gasteiger partial charge in [-0.05, 0) is 6.07 Å². The van der Waals surface area contributed by atoms with Gasteiger partial charge in [0, 0.05) is 31.9 Å². The summed E-state index contributed by atoms with van der Waals surface area (Å²) in [6, 6.07) is 6.58. The van der Waals surface area contributed by atoms with Gasteiger partial charge in [-0.2, -0.15) is 0 Å². The van der Waals surface area contributed by atoms with E-state index in [4.69, 9.17) is 0 Å². The van der Waals surface area contributed by atoms with Gasteiger partial charge in [-0.25, -0.2) is 4.79 Å². The monoisotopic (exact) mass is 233 g/mol. The normalized spacial score (nSPS) is 10.3. The van der Waals surface area contributed by atoms with Gasteiger partial charge in [0.15, 0.2) is 5.78 Å². The molecule has 0 saturated carbocycles. The van der Waals surface area contributed by atoms with Crippen LogP contribution < -0.4 is 0 Å². The van der Waals surface area contributed by atoms with E-state index < -0.39 is 5.97 Å². The average molecular weight is 233 g/mol. The summed E-state index contributed by atoms with van der Waals surface area (Å²) in [6.45, 7) is 0. The molecule has 0 aliphatic rings. The summed E-state index contributed by atoms with van der Waals surface area (Å²) in [7, 11) is 4.92. The molecule has 0 atom stereocenters. The van der Waals surface area contributed by atoms with Crippen LogP contribution in [0.3, 0.4) is 0 Å². The van der Waals surface area contributed by atoms with E-state index in [9.17, 15) is 9.59 Å². The van der Waals surface area contributed by atoms with E-state index in [0.29, 0.717) is 5.56 Å². The first-order valence-corrected chi connectivity index (χ1v) is 5.12. The summed E-state index contributed by atoms with van der Waals surface area (Å²) in [6.07, 6.45) is 3.05. The fourth-order valence-corrected chi connectivity index (χ4v) is 1.29. The third kappa shape index (κ3) is 3.45. The fourth-order valence-electron chi connectivity index (χ4n) is 1.29. The van der Waals surface area contributed by atoms with Gasteiger partial charge in [-0.1, -0.05) is 18.2 Å². The summed E-state index contributed by atoms with van der Waals surface area (Å²) in [4.78, 5) is 25.1. The van der Waals surface area contributed by atoms with Crippen LogP contribution in [0.25, 0.3) is 0 Å². The van der Waals surface area contributed by atoms with Crippen LogP contribution in [0.15, 0.2) is 36.5 Å². The smallest absolute Gasteiger partial charge is 0.338 e. The first-order valence-electron chi connectivity index (χ1n) is 5.12. The van der Waals surface area contributed by atoms with Gasteiger partial charge in [0.1, 0.15) is 0 Å². The van der Waals surface area contributed by atoms with Crippen molar-refractivity contribution in [1.29, 1.82) is 0 Å². The van der Waals surface area contributed by atoms with Crippen LogP contribution in [-0.4, -0.2) is 37.9 Å². The van der Waals surface area contributed by atoms with E-state index in [-0.39, 0.29) is 11.3 Å². The van der Waals surface area contributed by atoms with E-state index in [1.165, 1.54) is 13.2 Å². The van der Waals surface area contributed by atoms with E-state index in [2.05, 4.69) is 4.74 Å². The number of hydrogen-bond acceptors (Lipinski definition) is 4. The molecule has 90 valence electrons. The molecule has 0 aliphatic carbocycles. The number of esters is 1. The van der Waals surface area contributed by atoms with Crippen molar-refractivity contribution in [2.24, 2.45) is 0 Å². The Balaban J connectivity index is 3.05. The van der Waals surface area contributed by atoms with Crippen molar-refractivity contribution in [1.82, 2.24) is 4.90 Å². The lowest BCUT2D eigenvalue weighted by Gasteiger charge is -2.06. The van der Waals surface area contributed by atoms with Crippen LogP contribution in [0.5, 0.6) is 0 Å². The van der Waals surface area contributed by atoms with Gasteiger partial charge in [0.2, 0.25) is 0 Å². The summed E-state index contributed by atoms with van der Waals surface area (Å²) < 4.78 is 4.63. The van der Waals surface area contributed by atoms with Crippen molar-refractivity contribution in [3.05, 3.63) is 47.7 Å². The third-order valence-electron chi connectivity index (χ3n) is 2.12. The molecular weight excluding hydrogens is 218 g/mol. The lowest BCUT2D eigenvalue weighted by Crippen LogP contribution is -2.10. The Labute approximate surface area is 100 Å². The van der Waals surface area contributed by atoms with E-state index in [1.807, 2.05) is 14.1 Å². The number of methoxy groups -OCH3 is 1. The Kier molecular flexibility index (Phi) is 4.46. The third-order valence-corrected chi connectivity index (χ3v) is 2.12. The van der Waals surface area contributed by atoms with Crippen molar-refractivity contribution in [2.45, 2.75) is 0 Å². The second-order valence-corrected chi connectivity index (χ2v) is 3.68. The molecule has 1 rings (SSSR count). The molecule has 0 bridgehead atoms.